The normalized spacial score (nSPS) is 12.7. The number of nitrogens with one attached hydrogen (secondary N) is 1. The zero-order valence-electron chi connectivity index (χ0n) is 14.7. The highest BCUT2D eigenvalue weighted by Gasteiger charge is 2.36. The summed E-state index contributed by atoms with van der Waals surface area (Å²) in [6.07, 6.45) is 0.0919. The van der Waals surface area contributed by atoms with E-state index in [9.17, 15) is 19.1 Å². The van der Waals surface area contributed by atoms with Gasteiger partial charge in [0.05, 0.1) is 10.0 Å². The zero-order chi connectivity index (χ0) is 20.2. The first-order valence-electron chi connectivity index (χ1n) is 8.15. The highest BCUT2D eigenvalue weighted by molar-refractivity contribution is 7.53. The van der Waals surface area contributed by atoms with Crippen molar-refractivity contribution in [2.45, 2.75) is 25.9 Å². The van der Waals surface area contributed by atoms with E-state index in [-0.39, 0.29) is 12.3 Å². The summed E-state index contributed by atoms with van der Waals surface area (Å²) in [4.78, 5) is 31.1. The first-order valence-corrected chi connectivity index (χ1v) is 10.6. The fraction of sp³-hybridized carbons (Fsp3) is 0.278. The number of carbonyl (C=O) groups is 1. The van der Waals surface area contributed by atoms with Crippen LogP contribution in [0.2, 0.25) is 10.0 Å². The van der Waals surface area contributed by atoms with Gasteiger partial charge in [-0.15, -0.1) is 0 Å². The number of carbonyl (C=O) groups excluding carboxylic acids is 1. The minimum atomic E-state index is -4.55. The van der Waals surface area contributed by atoms with E-state index in [0.717, 1.165) is 0 Å². The minimum absolute atomic E-state index is 0.0321. The number of rotatable bonds is 7. The summed E-state index contributed by atoms with van der Waals surface area (Å²) >= 11 is 11.8. The number of halogens is 2. The molecule has 146 valence electrons. The van der Waals surface area contributed by atoms with Crippen molar-refractivity contribution in [2.24, 2.45) is 5.92 Å². The second kappa shape index (κ2) is 9.09. The van der Waals surface area contributed by atoms with Crippen molar-refractivity contribution in [3.8, 4) is 11.5 Å². The van der Waals surface area contributed by atoms with Crippen LogP contribution >= 0.6 is 30.8 Å². The molecule has 1 unspecified atom stereocenters. The Labute approximate surface area is 167 Å². The lowest BCUT2D eigenvalue weighted by Gasteiger charge is -2.19. The van der Waals surface area contributed by atoms with E-state index in [1.165, 1.54) is 0 Å². The predicted molar refractivity (Wildman–Crippen MR) is 107 cm³/mol. The molecule has 0 fully saturated rings. The summed E-state index contributed by atoms with van der Waals surface area (Å²) in [7, 11) is -4.55. The van der Waals surface area contributed by atoms with Crippen LogP contribution in [0.1, 0.15) is 20.3 Å². The predicted octanol–water partition coefficient (Wildman–Crippen LogP) is 5.32. The lowest BCUT2D eigenvalue weighted by atomic mass is 10.1. The molecule has 0 aliphatic rings. The molecule has 0 heterocycles. The smallest absolute Gasteiger partial charge is 0.337 e. The van der Waals surface area contributed by atoms with E-state index >= 15 is 0 Å². The van der Waals surface area contributed by atoms with Gasteiger partial charge in [-0.2, -0.15) is 0 Å². The van der Waals surface area contributed by atoms with Gasteiger partial charge in [0, 0.05) is 11.8 Å². The molecule has 0 aromatic heterocycles. The SMILES string of the molecule is CC(C)CC(C(=O)Nc1ccc(Oc2ccc(Cl)c(Cl)c2)cc1)P(=O)(O)O. The molecule has 0 saturated carbocycles. The molecule has 1 amide bonds. The van der Waals surface area contributed by atoms with Gasteiger partial charge in [-0.3, -0.25) is 9.36 Å². The quantitative estimate of drug-likeness (QED) is 0.515. The van der Waals surface area contributed by atoms with Gasteiger partial charge in [0.15, 0.2) is 0 Å². The molecule has 0 saturated heterocycles. The van der Waals surface area contributed by atoms with Gasteiger partial charge in [0.1, 0.15) is 17.2 Å². The molecule has 9 heteroatoms. The molecule has 0 bridgehead atoms. The Morgan fingerprint density at radius 3 is 2.19 bits per heavy atom. The highest BCUT2D eigenvalue weighted by atomic mass is 35.5. The molecule has 3 N–H and O–H groups in total. The van der Waals surface area contributed by atoms with Crippen LogP contribution in [0.5, 0.6) is 11.5 Å². The van der Waals surface area contributed by atoms with Gasteiger partial charge in [0.2, 0.25) is 5.91 Å². The molecular formula is C18H20Cl2NO5P. The van der Waals surface area contributed by atoms with Crippen molar-refractivity contribution in [1.82, 2.24) is 0 Å². The van der Waals surface area contributed by atoms with Crippen LogP contribution in [0, 0.1) is 5.92 Å². The average Bonchev–Trinajstić information content (AvgIpc) is 2.56. The van der Waals surface area contributed by atoms with Gasteiger partial charge in [0.25, 0.3) is 0 Å². The standard InChI is InChI=1S/C18H20Cl2NO5P/c1-11(2)9-17(27(23,24)25)18(22)21-12-3-5-13(6-4-12)26-14-7-8-15(19)16(20)10-14/h3-8,10-11,17H,9H2,1-2H3,(H,21,22)(H2,23,24,25). The average molecular weight is 432 g/mol. The van der Waals surface area contributed by atoms with Crippen LogP contribution < -0.4 is 10.1 Å². The van der Waals surface area contributed by atoms with Gasteiger partial charge < -0.3 is 19.8 Å². The van der Waals surface area contributed by atoms with E-state index in [0.29, 0.717) is 27.2 Å². The van der Waals surface area contributed by atoms with Crippen LogP contribution in [0.4, 0.5) is 5.69 Å². The molecule has 1 atom stereocenters. The molecule has 6 nitrogen and oxygen atoms in total. The molecule has 27 heavy (non-hydrogen) atoms. The largest absolute Gasteiger partial charge is 0.457 e. The maximum Gasteiger partial charge on any atom is 0.337 e. The zero-order valence-corrected chi connectivity index (χ0v) is 17.1. The van der Waals surface area contributed by atoms with Crippen LogP contribution in [-0.2, 0) is 9.36 Å². The van der Waals surface area contributed by atoms with Crippen LogP contribution in [0.15, 0.2) is 42.5 Å². The number of amides is 1. The van der Waals surface area contributed by atoms with Crippen LogP contribution in [0.3, 0.4) is 0 Å². The Hall–Kier alpha value is -1.56. The van der Waals surface area contributed by atoms with Gasteiger partial charge in [-0.05, 0) is 48.7 Å². The van der Waals surface area contributed by atoms with Crippen LogP contribution in [-0.4, -0.2) is 21.4 Å². The second-order valence-corrected chi connectivity index (χ2v) is 9.04. The summed E-state index contributed by atoms with van der Waals surface area (Å²) in [6, 6.07) is 11.3. The second-order valence-electron chi connectivity index (χ2n) is 6.43. The van der Waals surface area contributed by atoms with Gasteiger partial charge in [-0.25, -0.2) is 0 Å². The number of ether oxygens (including phenoxy) is 1. The third-order valence-corrected chi connectivity index (χ3v) is 5.65. The topological polar surface area (TPSA) is 95.9 Å². The number of hydrogen-bond acceptors (Lipinski definition) is 3. The Bertz CT molecular complexity index is 851. The maximum absolute atomic E-state index is 12.3. The Morgan fingerprint density at radius 2 is 1.67 bits per heavy atom. The van der Waals surface area contributed by atoms with Gasteiger partial charge in [-0.1, -0.05) is 37.0 Å². The van der Waals surface area contributed by atoms with Crippen molar-refractivity contribution in [1.29, 1.82) is 0 Å². The number of anilines is 1. The molecule has 2 aromatic carbocycles. The van der Waals surface area contributed by atoms with Crippen molar-refractivity contribution < 1.29 is 23.9 Å². The summed E-state index contributed by atoms with van der Waals surface area (Å²) < 4.78 is 17.2. The van der Waals surface area contributed by atoms with Crippen LogP contribution in [0.25, 0.3) is 0 Å². The number of hydrogen-bond donors (Lipinski definition) is 3. The molecule has 0 spiro atoms. The monoisotopic (exact) mass is 431 g/mol. The van der Waals surface area contributed by atoms with Crippen molar-refractivity contribution in [3.63, 3.8) is 0 Å². The van der Waals surface area contributed by atoms with Gasteiger partial charge >= 0.3 is 7.60 Å². The van der Waals surface area contributed by atoms with E-state index in [2.05, 4.69) is 5.32 Å². The lowest BCUT2D eigenvalue weighted by Crippen LogP contribution is -2.29. The Balaban J connectivity index is 2.06. The van der Waals surface area contributed by atoms with E-state index in [4.69, 9.17) is 27.9 Å². The first kappa shape index (κ1) is 21.7. The third-order valence-electron chi connectivity index (χ3n) is 3.65. The van der Waals surface area contributed by atoms with E-state index in [1.54, 1.807) is 56.3 Å². The minimum Gasteiger partial charge on any atom is -0.457 e. The lowest BCUT2D eigenvalue weighted by molar-refractivity contribution is -0.116. The maximum atomic E-state index is 12.3. The van der Waals surface area contributed by atoms with Crippen molar-refractivity contribution in [3.05, 3.63) is 52.5 Å². The summed E-state index contributed by atoms with van der Waals surface area (Å²) in [5.41, 5.74) is -0.978. The van der Waals surface area contributed by atoms with Crippen molar-refractivity contribution in [2.75, 3.05) is 5.32 Å². The Kier molecular flexibility index (Phi) is 7.32. The first-order chi connectivity index (χ1) is 12.6. The fourth-order valence-corrected chi connectivity index (χ4v) is 3.71. The summed E-state index contributed by atoms with van der Waals surface area (Å²) in [5.74, 6) is 0.255. The van der Waals surface area contributed by atoms with E-state index in [1.807, 2.05) is 0 Å². The molecule has 2 rings (SSSR count). The fourth-order valence-electron chi connectivity index (χ4n) is 2.35. The Morgan fingerprint density at radius 1 is 1.07 bits per heavy atom. The van der Waals surface area contributed by atoms with E-state index < -0.39 is 19.2 Å². The summed E-state index contributed by atoms with van der Waals surface area (Å²) in [6.45, 7) is 3.59. The number of benzene rings is 2. The molecule has 0 radical (unpaired) electrons. The summed E-state index contributed by atoms with van der Waals surface area (Å²) in [5, 5.41) is 3.32. The molecule has 2 aromatic rings. The molecule has 0 aliphatic heterocycles. The third kappa shape index (κ3) is 6.52. The molecule has 0 aliphatic carbocycles. The molecular weight excluding hydrogens is 412 g/mol. The highest BCUT2D eigenvalue weighted by Crippen LogP contribution is 2.44. The van der Waals surface area contributed by atoms with Crippen molar-refractivity contribution >= 4 is 42.4 Å².